The molecule has 0 radical (unpaired) electrons. The Kier molecular flexibility index (Phi) is 11.7. The predicted octanol–water partition coefficient (Wildman–Crippen LogP) is 3.89. The van der Waals surface area contributed by atoms with E-state index >= 15 is 0 Å². The zero-order valence-corrected chi connectivity index (χ0v) is 15.8. The first-order valence-electron chi connectivity index (χ1n) is 7.91. The van der Waals surface area contributed by atoms with E-state index < -0.39 is 6.10 Å². The highest BCUT2D eigenvalue weighted by molar-refractivity contribution is 5.85. The number of aliphatic hydroxyl groups excluding tert-OH is 1. The molecule has 0 aliphatic carbocycles. The van der Waals surface area contributed by atoms with Crippen molar-refractivity contribution in [1.29, 1.82) is 0 Å². The minimum atomic E-state index is -0.405. The summed E-state index contributed by atoms with van der Waals surface area (Å²) in [6.45, 7) is 5.37. The topological polar surface area (TPSA) is 44.3 Å². The lowest BCUT2D eigenvalue weighted by Crippen LogP contribution is -2.37. The summed E-state index contributed by atoms with van der Waals surface area (Å²) in [5, 5.41) is 16.9. The molecule has 3 N–H and O–H groups in total. The maximum atomic E-state index is 10.1. The van der Waals surface area contributed by atoms with Crippen LogP contribution in [0.1, 0.15) is 37.1 Å². The Bertz CT molecular complexity index is 490. The molecule has 24 heavy (non-hydrogen) atoms. The number of benzene rings is 2. The number of halogens is 2. The van der Waals surface area contributed by atoms with E-state index in [4.69, 9.17) is 0 Å². The standard InChI is InChI=1S/C19H26N2O.2ClH/c1-15(17-9-5-3-6-10-17)20-13-19(22)14-21-16(2)18-11-7-4-8-12-18;;/h3-12,15-16,19-22H,13-14H2,1-2H3;2*1H/t15-,16-;;/m0../s1. The van der Waals surface area contributed by atoms with Crippen LogP contribution in [0.2, 0.25) is 0 Å². The second-order valence-electron chi connectivity index (χ2n) is 5.74. The Morgan fingerprint density at radius 1 is 0.708 bits per heavy atom. The monoisotopic (exact) mass is 370 g/mol. The number of hydrogen-bond acceptors (Lipinski definition) is 3. The fraction of sp³-hybridized carbons (Fsp3) is 0.368. The third kappa shape index (κ3) is 7.65. The quantitative estimate of drug-likeness (QED) is 0.660. The van der Waals surface area contributed by atoms with Gasteiger partial charge in [0, 0.05) is 25.2 Å². The Hall–Kier alpha value is -1.10. The Balaban J connectivity index is 0.00000264. The van der Waals surface area contributed by atoms with Gasteiger partial charge in [-0.1, -0.05) is 60.7 Å². The molecule has 0 aliphatic rings. The highest BCUT2D eigenvalue weighted by Gasteiger charge is 2.10. The van der Waals surface area contributed by atoms with Crippen molar-refractivity contribution in [2.75, 3.05) is 13.1 Å². The molecule has 3 nitrogen and oxygen atoms in total. The molecule has 0 unspecified atom stereocenters. The third-order valence-electron chi connectivity index (χ3n) is 3.92. The summed E-state index contributed by atoms with van der Waals surface area (Å²) >= 11 is 0. The molecule has 0 bridgehead atoms. The van der Waals surface area contributed by atoms with Crippen LogP contribution in [0.5, 0.6) is 0 Å². The molecule has 0 aliphatic heterocycles. The molecule has 0 saturated heterocycles. The smallest absolute Gasteiger partial charge is 0.0789 e. The van der Waals surface area contributed by atoms with Crippen LogP contribution in [0.3, 0.4) is 0 Å². The summed E-state index contributed by atoms with van der Waals surface area (Å²) in [5.74, 6) is 0. The van der Waals surface area contributed by atoms with E-state index in [0.717, 1.165) is 0 Å². The number of aliphatic hydroxyl groups is 1. The minimum absolute atomic E-state index is 0. The lowest BCUT2D eigenvalue weighted by atomic mass is 10.1. The second-order valence-corrected chi connectivity index (χ2v) is 5.74. The number of rotatable bonds is 8. The van der Waals surface area contributed by atoms with Crippen LogP contribution in [0.4, 0.5) is 0 Å². The largest absolute Gasteiger partial charge is 0.390 e. The molecule has 0 aromatic heterocycles. The van der Waals surface area contributed by atoms with Gasteiger partial charge in [0.2, 0.25) is 0 Å². The Morgan fingerprint density at radius 2 is 1.04 bits per heavy atom. The normalized spacial score (nSPS) is 12.8. The summed E-state index contributed by atoms with van der Waals surface area (Å²) in [6, 6.07) is 21.0. The van der Waals surface area contributed by atoms with Gasteiger partial charge in [0.25, 0.3) is 0 Å². The van der Waals surface area contributed by atoms with Crippen LogP contribution >= 0.6 is 24.8 Å². The van der Waals surface area contributed by atoms with Crippen LogP contribution < -0.4 is 10.6 Å². The lowest BCUT2D eigenvalue weighted by Gasteiger charge is -2.20. The summed E-state index contributed by atoms with van der Waals surface area (Å²) in [5.41, 5.74) is 2.47. The van der Waals surface area contributed by atoms with E-state index in [-0.39, 0.29) is 36.9 Å². The highest BCUT2D eigenvalue weighted by atomic mass is 35.5. The van der Waals surface area contributed by atoms with Crippen molar-refractivity contribution in [2.45, 2.75) is 32.0 Å². The molecule has 2 rings (SSSR count). The number of nitrogens with one attached hydrogen (secondary N) is 2. The van der Waals surface area contributed by atoms with Crippen molar-refractivity contribution in [3.63, 3.8) is 0 Å². The van der Waals surface area contributed by atoms with Crippen molar-refractivity contribution in [3.05, 3.63) is 71.8 Å². The molecular formula is C19H28Cl2N2O. The average Bonchev–Trinajstić information content (AvgIpc) is 2.59. The van der Waals surface area contributed by atoms with Gasteiger partial charge < -0.3 is 15.7 Å². The van der Waals surface area contributed by atoms with Crippen LogP contribution in [0, 0.1) is 0 Å². The van der Waals surface area contributed by atoms with E-state index in [1.54, 1.807) is 0 Å². The predicted molar refractivity (Wildman–Crippen MR) is 106 cm³/mol. The zero-order chi connectivity index (χ0) is 15.8. The third-order valence-corrected chi connectivity index (χ3v) is 3.92. The van der Waals surface area contributed by atoms with Gasteiger partial charge in [-0.3, -0.25) is 0 Å². The molecule has 0 fully saturated rings. The van der Waals surface area contributed by atoms with Crippen LogP contribution in [0.25, 0.3) is 0 Å². The fourth-order valence-electron chi connectivity index (χ4n) is 2.42. The molecule has 0 saturated carbocycles. The van der Waals surface area contributed by atoms with Gasteiger partial charge in [0.1, 0.15) is 0 Å². The molecule has 0 heterocycles. The van der Waals surface area contributed by atoms with Gasteiger partial charge in [0.05, 0.1) is 6.10 Å². The van der Waals surface area contributed by atoms with Crippen LogP contribution in [-0.2, 0) is 0 Å². The summed E-state index contributed by atoms with van der Waals surface area (Å²) in [7, 11) is 0. The molecule has 2 aromatic rings. The van der Waals surface area contributed by atoms with Crippen molar-refractivity contribution in [3.8, 4) is 0 Å². The summed E-state index contributed by atoms with van der Waals surface area (Å²) < 4.78 is 0. The second kappa shape index (κ2) is 12.3. The van der Waals surface area contributed by atoms with E-state index in [9.17, 15) is 5.11 Å². The lowest BCUT2D eigenvalue weighted by molar-refractivity contribution is 0.161. The van der Waals surface area contributed by atoms with E-state index in [1.807, 2.05) is 36.4 Å². The van der Waals surface area contributed by atoms with Gasteiger partial charge in [-0.2, -0.15) is 0 Å². The van der Waals surface area contributed by atoms with Gasteiger partial charge in [-0.05, 0) is 25.0 Å². The molecule has 0 spiro atoms. The molecule has 2 aromatic carbocycles. The van der Waals surface area contributed by atoms with Crippen LogP contribution in [0.15, 0.2) is 60.7 Å². The Morgan fingerprint density at radius 3 is 1.38 bits per heavy atom. The summed E-state index contributed by atoms with van der Waals surface area (Å²) in [4.78, 5) is 0. The maximum absolute atomic E-state index is 10.1. The number of hydrogen-bond donors (Lipinski definition) is 3. The molecule has 5 heteroatoms. The maximum Gasteiger partial charge on any atom is 0.0789 e. The van der Waals surface area contributed by atoms with Gasteiger partial charge >= 0.3 is 0 Å². The first kappa shape index (κ1) is 22.9. The fourth-order valence-corrected chi connectivity index (χ4v) is 2.42. The molecular weight excluding hydrogens is 343 g/mol. The SMILES string of the molecule is C[C@H](NCC(O)CN[C@@H](C)c1ccccc1)c1ccccc1.Cl.Cl. The first-order chi connectivity index (χ1) is 10.7. The van der Waals surface area contributed by atoms with E-state index in [1.165, 1.54) is 11.1 Å². The summed E-state index contributed by atoms with van der Waals surface area (Å²) in [6.07, 6.45) is -0.405. The first-order valence-corrected chi connectivity index (χ1v) is 7.91. The van der Waals surface area contributed by atoms with Crippen LogP contribution in [-0.4, -0.2) is 24.3 Å². The molecule has 134 valence electrons. The van der Waals surface area contributed by atoms with E-state index in [2.05, 4.69) is 48.7 Å². The van der Waals surface area contributed by atoms with Gasteiger partial charge in [0.15, 0.2) is 0 Å². The van der Waals surface area contributed by atoms with E-state index in [0.29, 0.717) is 13.1 Å². The van der Waals surface area contributed by atoms with Crippen molar-refractivity contribution < 1.29 is 5.11 Å². The average molecular weight is 371 g/mol. The van der Waals surface area contributed by atoms with Crippen molar-refractivity contribution >= 4 is 24.8 Å². The van der Waals surface area contributed by atoms with Crippen molar-refractivity contribution in [1.82, 2.24) is 10.6 Å². The highest BCUT2D eigenvalue weighted by Crippen LogP contribution is 2.12. The van der Waals surface area contributed by atoms with Gasteiger partial charge in [-0.15, -0.1) is 24.8 Å². The minimum Gasteiger partial charge on any atom is -0.390 e. The Labute approximate surface area is 157 Å². The van der Waals surface area contributed by atoms with Crippen molar-refractivity contribution in [2.24, 2.45) is 0 Å². The van der Waals surface area contributed by atoms with Gasteiger partial charge in [-0.25, -0.2) is 0 Å². The molecule has 2 atom stereocenters. The zero-order valence-electron chi connectivity index (χ0n) is 14.2. The molecule has 0 amide bonds.